The second-order valence-electron chi connectivity index (χ2n) is 7.32. The topological polar surface area (TPSA) is 73.8 Å². The number of nitrogens with zero attached hydrogens (tertiary/aromatic N) is 4. The monoisotopic (exact) mass is 488 g/mol. The van der Waals surface area contributed by atoms with Crippen LogP contribution >= 0.6 is 11.8 Å². The lowest BCUT2D eigenvalue weighted by atomic mass is 10.1. The Kier molecular flexibility index (Phi) is 7.36. The number of rotatable bonds is 6. The van der Waals surface area contributed by atoms with Gasteiger partial charge in [0.25, 0.3) is 0 Å². The molecule has 0 aliphatic carbocycles. The standard InChI is InChI=1S/C20H23F3N4O3S2/c1-25(2)32(29,30)17-6-7-18(24-13-17)31-14-19(28)27-10-8-26(9-11-27)16-5-3-4-15(12-16)20(21,22)23/h3-7,12-13H,8-11,14H2,1-2H3. The van der Waals surface area contributed by atoms with Crippen molar-refractivity contribution in [2.75, 3.05) is 50.9 Å². The van der Waals surface area contributed by atoms with E-state index in [1.165, 1.54) is 44.2 Å². The first-order valence-corrected chi connectivity index (χ1v) is 12.1. The Labute approximate surface area is 189 Å². The number of thioether (sulfide) groups is 1. The molecule has 0 bridgehead atoms. The molecule has 0 atom stereocenters. The molecule has 2 heterocycles. The summed E-state index contributed by atoms with van der Waals surface area (Å²) in [6.45, 7) is 1.69. The zero-order valence-electron chi connectivity index (χ0n) is 17.5. The number of anilines is 1. The summed E-state index contributed by atoms with van der Waals surface area (Å²) in [5.41, 5.74) is -0.208. The largest absolute Gasteiger partial charge is 0.416 e. The van der Waals surface area contributed by atoms with Gasteiger partial charge in [0.15, 0.2) is 0 Å². The number of carbonyl (C=O) groups is 1. The van der Waals surface area contributed by atoms with E-state index in [2.05, 4.69) is 4.98 Å². The van der Waals surface area contributed by atoms with Crippen LogP contribution in [0.25, 0.3) is 0 Å². The summed E-state index contributed by atoms with van der Waals surface area (Å²) in [6.07, 6.45) is -3.14. The van der Waals surface area contributed by atoms with Gasteiger partial charge in [0.05, 0.1) is 16.3 Å². The first kappa shape index (κ1) is 24.3. The summed E-state index contributed by atoms with van der Waals surface area (Å²) >= 11 is 1.20. The molecule has 174 valence electrons. The molecular formula is C20H23F3N4O3S2. The van der Waals surface area contributed by atoms with Gasteiger partial charge in [-0.25, -0.2) is 17.7 Å². The molecule has 0 unspecified atom stereocenters. The zero-order chi connectivity index (χ0) is 23.5. The molecule has 1 fully saturated rings. The first-order valence-electron chi connectivity index (χ1n) is 9.70. The third kappa shape index (κ3) is 5.73. The Balaban J connectivity index is 1.52. The van der Waals surface area contributed by atoms with Gasteiger partial charge in [0, 0.05) is 52.2 Å². The van der Waals surface area contributed by atoms with Crippen molar-refractivity contribution in [3.63, 3.8) is 0 Å². The molecule has 7 nitrogen and oxygen atoms in total. The fourth-order valence-electron chi connectivity index (χ4n) is 3.14. The summed E-state index contributed by atoms with van der Waals surface area (Å²) < 4.78 is 64.0. The lowest BCUT2D eigenvalue weighted by Crippen LogP contribution is -2.49. The number of pyridine rings is 1. The van der Waals surface area contributed by atoms with Crippen LogP contribution in [-0.4, -0.2) is 74.5 Å². The van der Waals surface area contributed by atoms with Crippen LogP contribution in [0.3, 0.4) is 0 Å². The number of alkyl halides is 3. The molecule has 32 heavy (non-hydrogen) atoms. The van der Waals surface area contributed by atoms with E-state index in [4.69, 9.17) is 0 Å². The number of piperazine rings is 1. The van der Waals surface area contributed by atoms with Crippen molar-refractivity contribution in [2.45, 2.75) is 16.1 Å². The van der Waals surface area contributed by atoms with Crippen LogP contribution in [0.5, 0.6) is 0 Å². The Morgan fingerprint density at radius 3 is 2.38 bits per heavy atom. The van der Waals surface area contributed by atoms with Gasteiger partial charge in [-0.3, -0.25) is 4.79 Å². The van der Waals surface area contributed by atoms with Gasteiger partial charge in [-0.05, 0) is 30.3 Å². The zero-order valence-corrected chi connectivity index (χ0v) is 19.2. The van der Waals surface area contributed by atoms with Crippen LogP contribution in [0.2, 0.25) is 0 Å². The van der Waals surface area contributed by atoms with Crippen LogP contribution < -0.4 is 4.90 Å². The maximum atomic E-state index is 12.9. The number of aromatic nitrogens is 1. The van der Waals surface area contributed by atoms with Gasteiger partial charge in [-0.1, -0.05) is 17.8 Å². The van der Waals surface area contributed by atoms with Crippen molar-refractivity contribution >= 4 is 33.4 Å². The van der Waals surface area contributed by atoms with Crippen molar-refractivity contribution in [2.24, 2.45) is 0 Å². The molecule has 1 saturated heterocycles. The molecule has 1 aliphatic rings. The molecule has 12 heteroatoms. The fraction of sp³-hybridized carbons (Fsp3) is 0.400. The summed E-state index contributed by atoms with van der Waals surface area (Å²) in [4.78, 5) is 20.2. The van der Waals surface area contributed by atoms with Crippen LogP contribution in [0.4, 0.5) is 18.9 Å². The van der Waals surface area contributed by atoms with Gasteiger partial charge in [0.1, 0.15) is 4.90 Å². The van der Waals surface area contributed by atoms with Gasteiger partial charge in [-0.2, -0.15) is 13.2 Å². The second-order valence-corrected chi connectivity index (χ2v) is 10.5. The van der Waals surface area contributed by atoms with E-state index in [1.54, 1.807) is 17.0 Å². The van der Waals surface area contributed by atoms with Gasteiger partial charge >= 0.3 is 6.18 Å². The minimum absolute atomic E-state index is 0.0730. The third-order valence-corrected chi connectivity index (χ3v) is 7.73. The molecule has 0 radical (unpaired) electrons. The maximum Gasteiger partial charge on any atom is 0.416 e. The fourth-order valence-corrected chi connectivity index (χ4v) is 4.73. The van der Waals surface area contributed by atoms with Crippen molar-refractivity contribution in [1.29, 1.82) is 0 Å². The minimum Gasteiger partial charge on any atom is -0.368 e. The number of halogens is 3. The van der Waals surface area contributed by atoms with E-state index < -0.39 is 21.8 Å². The van der Waals surface area contributed by atoms with E-state index in [9.17, 15) is 26.4 Å². The highest BCUT2D eigenvalue weighted by Crippen LogP contribution is 2.32. The van der Waals surface area contributed by atoms with E-state index in [0.29, 0.717) is 36.9 Å². The molecule has 2 aromatic rings. The average Bonchev–Trinajstić information content (AvgIpc) is 2.77. The molecular weight excluding hydrogens is 465 g/mol. The summed E-state index contributed by atoms with van der Waals surface area (Å²) in [6, 6.07) is 8.18. The Morgan fingerprint density at radius 2 is 1.81 bits per heavy atom. The number of hydrogen-bond acceptors (Lipinski definition) is 6. The molecule has 0 saturated carbocycles. The molecule has 1 amide bonds. The second kappa shape index (κ2) is 9.67. The number of hydrogen-bond donors (Lipinski definition) is 0. The van der Waals surface area contributed by atoms with Crippen molar-refractivity contribution in [3.05, 3.63) is 48.2 Å². The van der Waals surface area contributed by atoms with E-state index in [0.717, 1.165) is 16.4 Å². The molecule has 0 spiro atoms. The molecule has 1 aliphatic heterocycles. The lowest BCUT2D eigenvalue weighted by molar-refractivity contribution is -0.137. The Morgan fingerprint density at radius 1 is 1.12 bits per heavy atom. The molecule has 0 N–H and O–H groups in total. The van der Waals surface area contributed by atoms with Crippen LogP contribution in [0, 0.1) is 0 Å². The average molecular weight is 489 g/mol. The van der Waals surface area contributed by atoms with Crippen LogP contribution in [0.1, 0.15) is 5.56 Å². The molecule has 1 aromatic heterocycles. The predicted molar refractivity (Wildman–Crippen MR) is 116 cm³/mol. The molecule has 1 aromatic carbocycles. The van der Waals surface area contributed by atoms with E-state index in [-0.39, 0.29) is 16.6 Å². The highest BCUT2D eigenvalue weighted by Gasteiger charge is 2.31. The quantitative estimate of drug-likeness (QED) is 0.583. The highest BCUT2D eigenvalue weighted by molar-refractivity contribution is 7.99. The summed E-state index contributed by atoms with van der Waals surface area (Å²) in [5, 5.41) is 0.527. The maximum absolute atomic E-state index is 12.9. The Hall–Kier alpha value is -2.31. The van der Waals surface area contributed by atoms with Crippen LogP contribution in [-0.2, 0) is 21.0 Å². The number of benzene rings is 1. The minimum atomic E-state index is -4.39. The number of sulfonamides is 1. The van der Waals surface area contributed by atoms with E-state index in [1.807, 2.05) is 4.90 Å². The van der Waals surface area contributed by atoms with Crippen molar-refractivity contribution < 1.29 is 26.4 Å². The normalized spacial score (nSPS) is 15.3. The van der Waals surface area contributed by atoms with Crippen molar-refractivity contribution in [3.8, 4) is 0 Å². The number of carbonyl (C=O) groups excluding carboxylic acids is 1. The van der Waals surface area contributed by atoms with Gasteiger partial charge < -0.3 is 9.80 Å². The van der Waals surface area contributed by atoms with Gasteiger partial charge in [0.2, 0.25) is 15.9 Å². The predicted octanol–water partition coefficient (Wildman–Crippen LogP) is 2.79. The highest BCUT2D eigenvalue weighted by atomic mass is 32.2. The SMILES string of the molecule is CN(C)S(=O)(=O)c1ccc(SCC(=O)N2CCN(c3cccc(C(F)(F)F)c3)CC2)nc1. The van der Waals surface area contributed by atoms with Gasteiger partial charge in [-0.15, -0.1) is 0 Å². The van der Waals surface area contributed by atoms with E-state index >= 15 is 0 Å². The Bertz CT molecular complexity index is 1050. The number of amides is 1. The van der Waals surface area contributed by atoms with Crippen LogP contribution in [0.15, 0.2) is 52.5 Å². The third-order valence-electron chi connectivity index (χ3n) is 5.00. The summed E-state index contributed by atoms with van der Waals surface area (Å²) in [7, 11) is -0.694. The van der Waals surface area contributed by atoms with Crippen molar-refractivity contribution in [1.82, 2.24) is 14.2 Å². The summed E-state index contributed by atoms with van der Waals surface area (Å²) in [5.74, 6) is 0.0292. The molecule has 3 rings (SSSR count). The smallest absolute Gasteiger partial charge is 0.368 e. The lowest BCUT2D eigenvalue weighted by Gasteiger charge is -2.36. The first-order chi connectivity index (χ1) is 15.0.